The van der Waals surface area contributed by atoms with Crippen LogP contribution in [0.1, 0.15) is 11.1 Å². The summed E-state index contributed by atoms with van der Waals surface area (Å²) in [6.07, 6.45) is 0.703. The predicted octanol–water partition coefficient (Wildman–Crippen LogP) is -1.90. The van der Waals surface area contributed by atoms with Gasteiger partial charge < -0.3 is 9.84 Å². The first-order chi connectivity index (χ1) is 7.95. The van der Waals surface area contributed by atoms with Gasteiger partial charge in [-0.1, -0.05) is 29.5 Å². The molecule has 4 nitrogen and oxygen atoms in total. The molecule has 1 aromatic rings. The monoisotopic (exact) mass is 276 g/mol. The molecule has 0 unspecified atom stereocenters. The summed E-state index contributed by atoms with van der Waals surface area (Å²) in [5.41, 5.74) is 1.01. The van der Waals surface area contributed by atoms with Crippen molar-refractivity contribution in [3.8, 4) is 0 Å². The van der Waals surface area contributed by atoms with Gasteiger partial charge in [0.25, 0.3) is 5.78 Å². The van der Waals surface area contributed by atoms with E-state index in [2.05, 4.69) is 4.74 Å². The Kier molecular flexibility index (Phi) is 7.25. The number of aryl methyl sites for hydroxylation is 1. The standard InChI is InChI=1S/C12H11ClO4.Na/c1-7-5-8(3-4-9(7)13)10(14)6-11(15)12(16)17-2;/h3-6,14H,1-2H3;/q;+1/p-1. The van der Waals surface area contributed by atoms with E-state index < -0.39 is 17.5 Å². The third-order valence-electron chi connectivity index (χ3n) is 2.09. The first kappa shape index (κ1) is 17.2. The molecule has 0 saturated heterocycles. The predicted molar refractivity (Wildman–Crippen MR) is 61.2 cm³/mol. The van der Waals surface area contributed by atoms with E-state index in [0.29, 0.717) is 16.7 Å². The Hall–Kier alpha value is -0.810. The minimum absolute atomic E-state index is 0. The van der Waals surface area contributed by atoms with E-state index in [1.165, 1.54) is 6.07 Å². The summed E-state index contributed by atoms with van der Waals surface area (Å²) in [6, 6.07) is 4.59. The van der Waals surface area contributed by atoms with Gasteiger partial charge in [0.05, 0.1) is 7.11 Å². The molecule has 0 heterocycles. The van der Waals surface area contributed by atoms with Crippen LogP contribution in [-0.2, 0) is 14.3 Å². The molecule has 1 rings (SSSR count). The average molecular weight is 277 g/mol. The Bertz CT molecular complexity index is 497. The number of hydrogen-bond donors (Lipinski definition) is 0. The van der Waals surface area contributed by atoms with Crippen molar-refractivity contribution in [2.24, 2.45) is 0 Å². The Morgan fingerprint density at radius 1 is 1.39 bits per heavy atom. The van der Waals surface area contributed by atoms with E-state index in [1.54, 1.807) is 19.1 Å². The number of ketones is 1. The number of methoxy groups -OCH3 is 1. The third kappa shape index (κ3) is 4.46. The Balaban J connectivity index is 0.00000289. The van der Waals surface area contributed by atoms with E-state index >= 15 is 0 Å². The van der Waals surface area contributed by atoms with E-state index in [4.69, 9.17) is 11.6 Å². The number of esters is 1. The summed E-state index contributed by atoms with van der Waals surface area (Å²) < 4.78 is 4.20. The second kappa shape index (κ2) is 7.59. The number of rotatable bonds is 3. The quantitative estimate of drug-likeness (QED) is 0.213. The molecule has 0 aliphatic heterocycles. The second-order valence-electron chi connectivity index (χ2n) is 3.33. The molecule has 18 heavy (non-hydrogen) atoms. The average Bonchev–Trinajstić information content (AvgIpc) is 2.31. The first-order valence-electron chi connectivity index (χ1n) is 4.73. The number of ether oxygens (including phenoxy) is 1. The Morgan fingerprint density at radius 2 is 2.00 bits per heavy atom. The molecular formula is C12H10ClNaO4. The van der Waals surface area contributed by atoms with Crippen LogP contribution in [0.25, 0.3) is 5.76 Å². The van der Waals surface area contributed by atoms with Crippen LogP contribution in [0.2, 0.25) is 5.02 Å². The van der Waals surface area contributed by atoms with Gasteiger partial charge in [0.1, 0.15) is 0 Å². The van der Waals surface area contributed by atoms with E-state index in [1.807, 2.05) is 0 Å². The van der Waals surface area contributed by atoms with Gasteiger partial charge in [-0.25, -0.2) is 4.79 Å². The van der Waals surface area contributed by atoms with Gasteiger partial charge in [-0.05, 0) is 30.2 Å². The maximum absolute atomic E-state index is 11.6. The summed E-state index contributed by atoms with van der Waals surface area (Å²) in [5, 5.41) is 12.1. The van der Waals surface area contributed by atoms with Crippen molar-refractivity contribution < 1.29 is 49.0 Å². The van der Waals surface area contributed by atoms with Gasteiger partial charge in [-0.2, -0.15) is 0 Å². The van der Waals surface area contributed by atoms with Gasteiger partial charge >= 0.3 is 35.5 Å². The zero-order valence-corrected chi connectivity index (χ0v) is 13.1. The number of hydrogen-bond acceptors (Lipinski definition) is 4. The van der Waals surface area contributed by atoms with Crippen LogP contribution in [0, 0.1) is 6.92 Å². The van der Waals surface area contributed by atoms with Gasteiger partial charge in [0, 0.05) is 5.02 Å². The first-order valence-corrected chi connectivity index (χ1v) is 5.11. The zero-order valence-electron chi connectivity index (χ0n) is 10.3. The molecule has 0 aliphatic carbocycles. The minimum Gasteiger partial charge on any atom is -0.872 e. The molecule has 0 aliphatic rings. The van der Waals surface area contributed by atoms with E-state index in [-0.39, 0.29) is 29.6 Å². The summed E-state index contributed by atoms with van der Waals surface area (Å²) >= 11 is 5.80. The van der Waals surface area contributed by atoms with Crippen LogP contribution in [0.15, 0.2) is 24.3 Å². The van der Waals surface area contributed by atoms with Crippen LogP contribution in [0.4, 0.5) is 0 Å². The summed E-state index contributed by atoms with van der Waals surface area (Å²) in [5.74, 6) is -2.60. The number of carbonyl (C=O) groups excluding carboxylic acids is 2. The van der Waals surface area contributed by atoms with Crippen LogP contribution >= 0.6 is 11.6 Å². The maximum atomic E-state index is 11.6. The summed E-state index contributed by atoms with van der Waals surface area (Å²) in [7, 11) is 1.07. The SMILES string of the molecule is COC(=O)C(=O)C=C([O-])c1ccc(Cl)c(C)c1.[Na+]. The topological polar surface area (TPSA) is 66.4 Å². The molecule has 1 aromatic carbocycles. The maximum Gasteiger partial charge on any atom is 1.00 e. The zero-order chi connectivity index (χ0) is 13.0. The van der Waals surface area contributed by atoms with E-state index in [0.717, 1.165) is 12.7 Å². The van der Waals surface area contributed by atoms with Crippen LogP contribution in [-0.4, -0.2) is 18.9 Å². The van der Waals surface area contributed by atoms with Crippen molar-refractivity contribution >= 4 is 29.1 Å². The molecule has 0 spiro atoms. The third-order valence-corrected chi connectivity index (χ3v) is 2.52. The fourth-order valence-electron chi connectivity index (χ4n) is 1.16. The number of halogens is 1. The van der Waals surface area contributed by atoms with Crippen molar-refractivity contribution in [2.45, 2.75) is 6.92 Å². The normalized spacial score (nSPS) is 10.5. The Labute approximate surface area is 132 Å². The molecule has 0 amide bonds. The van der Waals surface area contributed by atoms with Gasteiger partial charge in [-0.3, -0.25) is 4.79 Å². The molecule has 0 fully saturated rings. The summed E-state index contributed by atoms with van der Waals surface area (Å²) in [6.45, 7) is 1.74. The molecule has 0 atom stereocenters. The fourth-order valence-corrected chi connectivity index (χ4v) is 1.28. The Morgan fingerprint density at radius 3 is 2.50 bits per heavy atom. The molecule has 0 saturated carbocycles. The van der Waals surface area contributed by atoms with Gasteiger partial charge in [-0.15, -0.1) is 0 Å². The second-order valence-corrected chi connectivity index (χ2v) is 3.74. The van der Waals surface area contributed by atoms with Crippen molar-refractivity contribution in [1.82, 2.24) is 0 Å². The van der Waals surface area contributed by atoms with Crippen molar-refractivity contribution in [3.63, 3.8) is 0 Å². The van der Waals surface area contributed by atoms with Gasteiger partial charge in [0.2, 0.25) is 0 Å². The molecular weight excluding hydrogens is 267 g/mol. The van der Waals surface area contributed by atoms with Crippen molar-refractivity contribution in [1.29, 1.82) is 0 Å². The molecule has 0 radical (unpaired) electrons. The van der Waals surface area contributed by atoms with Crippen LogP contribution < -0.4 is 34.7 Å². The van der Waals surface area contributed by atoms with Crippen molar-refractivity contribution in [3.05, 3.63) is 40.4 Å². The summed E-state index contributed by atoms with van der Waals surface area (Å²) in [4.78, 5) is 22.0. The molecule has 0 bridgehead atoms. The molecule has 0 aromatic heterocycles. The van der Waals surface area contributed by atoms with Gasteiger partial charge in [0.15, 0.2) is 0 Å². The minimum atomic E-state index is -1.07. The fraction of sp³-hybridized carbons (Fsp3) is 0.167. The smallest absolute Gasteiger partial charge is 0.872 e. The molecule has 6 heteroatoms. The molecule has 0 N–H and O–H groups in total. The molecule has 90 valence electrons. The van der Waals surface area contributed by atoms with Crippen molar-refractivity contribution in [2.75, 3.05) is 7.11 Å². The van der Waals surface area contributed by atoms with E-state index in [9.17, 15) is 14.7 Å². The largest absolute Gasteiger partial charge is 1.00 e. The number of benzene rings is 1. The number of carbonyl (C=O) groups is 2. The van der Waals surface area contributed by atoms with Crippen LogP contribution in [0.5, 0.6) is 0 Å². The van der Waals surface area contributed by atoms with Crippen LogP contribution in [0.3, 0.4) is 0 Å².